The van der Waals surface area contributed by atoms with E-state index in [9.17, 15) is 29.2 Å². The fraction of sp³-hybridized carbons (Fsp3) is 0.727. The molecule has 12 nitrogen and oxygen atoms in total. The van der Waals surface area contributed by atoms with Crippen LogP contribution >= 0.6 is 0 Å². The number of carbonyl (C=O) groups excluding carboxylic acids is 5. The highest BCUT2D eigenvalue weighted by atomic mass is 16.5. The molecule has 56 heavy (non-hydrogen) atoms. The van der Waals surface area contributed by atoms with E-state index in [2.05, 4.69) is 5.32 Å². The van der Waals surface area contributed by atoms with Gasteiger partial charge in [-0.3, -0.25) is 28.9 Å². The van der Waals surface area contributed by atoms with Gasteiger partial charge in [0.2, 0.25) is 17.7 Å². The molecular weight excluding hydrogens is 711 g/mol. The van der Waals surface area contributed by atoms with Crippen LogP contribution in [0.5, 0.6) is 0 Å². The van der Waals surface area contributed by atoms with Crippen molar-refractivity contribution in [2.24, 2.45) is 35.5 Å². The molecule has 0 saturated carbocycles. The van der Waals surface area contributed by atoms with Crippen LogP contribution in [0.4, 0.5) is 0 Å². The molecule has 1 aromatic carbocycles. The number of rotatable bonds is 23. The van der Waals surface area contributed by atoms with E-state index in [4.69, 9.17) is 9.47 Å². The van der Waals surface area contributed by atoms with Gasteiger partial charge in [0.15, 0.2) is 5.78 Å². The Hall–Kier alpha value is -3.66. The van der Waals surface area contributed by atoms with Crippen LogP contribution in [0.25, 0.3) is 0 Å². The van der Waals surface area contributed by atoms with E-state index in [1.807, 2.05) is 97.8 Å². The summed E-state index contributed by atoms with van der Waals surface area (Å²) in [5, 5.41) is 12.6. The third kappa shape index (κ3) is 12.9. The zero-order chi connectivity index (χ0) is 42.4. The Morgan fingerprint density at radius 1 is 0.911 bits per heavy atom. The van der Waals surface area contributed by atoms with Crippen molar-refractivity contribution >= 4 is 29.3 Å². The van der Waals surface area contributed by atoms with E-state index >= 15 is 0 Å². The fourth-order valence-electron chi connectivity index (χ4n) is 8.41. The first-order chi connectivity index (χ1) is 26.3. The molecule has 12 heteroatoms. The number of methoxy groups -OCH3 is 2. The van der Waals surface area contributed by atoms with Gasteiger partial charge in [0.1, 0.15) is 11.7 Å². The number of carbonyl (C=O) groups is 5. The molecule has 1 aliphatic rings. The van der Waals surface area contributed by atoms with Crippen molar-refractivity contribution in [1.82, 2.24) is 20.0 Å². The van der Waals surface area contributed by atoms with Crippen LogP contribution in [0.3, 0.4) is 0 Å². The number of ketones is 2. The van der Waals surface area contributed by atoms with Gasteiger partial charge in [0.05, 0.1) is 42.8 Å². The van der Waals surface area contributed by atoms with Crippen LogP contribution in [-0.2, 0) is 40.0 Å². The summed E-state index contributed by atoms with van der Waals surface area (Å²) < 4.78 is 11.9. The van der Waals surface area contributed by atoms with Gasteiger partial charge >= 0.3 is 0 Å². The standard InChI is InChI=1S/C44H71N5O7/c1-14-30(7)41(48(11)44(54)34(27(2)3)23-37(51)40(28(4)5)47(9)10)38(55-12)24-39(52)49-21-15-16-35(49)42(56-13)31(8)36(50)22-33(25-45)43(53)46-26-32-19-17-29(6)18-20-32/h17-20,27-28,30-31,33-35,38,40-42H,14-16,21-24,26H2,1-13H3,(H,46,53)/t30-,31-,33?,34-,35-,38+,40-,41-,42+/m0/s1. The Labute approximate surface area is 337 Å². The lowest BCUT2D eigenvalue weighted by atomic mass is 9.83. The van der Waals surface area contributed by atoms with Gasteiger partial charge in [0.25, 0.3) is 0 Å². The summed E-state index contributed by atoms with van der Waals surface area (Å²) in [4.78, 5) is 74.0. The fourth-order valence-corrected chi connectivity index (χ4v) is 8.41. The zero-order valence-electron chi connectivity index (χ0n) is 36.5. The molecule has 0 radical (unpaired) electrons. The molecule has 1 N–H and O–H groups in total. The van der Waals surface area contributed by atoms with Crippen molar-refractivity contribution in [2.75, 3.05) is 41.9 Å². The topological polar surface area (TPSA) is 149 Å². The molecular formula is C44H71N5O7. The van der Waals surface area contributed by atoms with Gasteiger partial charge in [-0.15, -0.1) is 0 Å². The normalized spacial score (nSPS) is 18.8. The lowest BCUT2D eigenvalue weighted by Crippen LogP contribution is -2.54. The highest BCUT2D eigenvalue weighted by Crippen LogP contribution is 2.31. The number of nitriles is 1. The summed E-state index contributed by atoms with van der Waals surface area (Å²) in [6, 6.07) is 8.55. The number of nitrogens with zero attached hydrogens (tertiary/aromatic N) is 4. The van der Waals surface area contributed by atoms with E-state index in [0.717, 1.165) is 24.0 Å². The summed E-state index contributed by atoms with van der Waals surface area (Å²) in [6.07, 6.45) is 0.677. The molecule has 314 valence electrons. The first-order valence-corrected chi connectivity index (χ1v) is 20.4. The first kappa shape index (κ1) is 48.5. The summed E-state index contributed by atoms with van der Waals surface area (Å²) in [6.45, 7) is 16.5. The van der Waals surface area contributed by atoms with E-state index in [0.29, 0.717) is 13.0 Å². The van der Waals surface area contributed by atoms with Crippen LogP contribution in [-0.4, -0.2) is 116 Å². The third-order valence-corrected chi connectivity index (χ3v) is 11.9. The second-order valence-electron chi connectivity index (χ2n) is 16.8. The second-order valence-corrected chi connectivity index (χ2v) is 16.8. The maximum absolute atomic E-state index is 14.3. The number of hydrogen-bond donors (Lipinski definition) is 1. The average molecular weight is 782 g/mol. The minimum absolute atomic E-state index is 0.0113. The Morgan fingerprint density at radius 2 is 1.54 bits per heavy atom. The van der Waals surface area contributed by atoms with Gasteiger partial charge in [0, 0.05) is 59.0 Å². The molecule has 0 spiro atoms. The van der Waals surface area contributed by atoms with Crippen LogP contribution in [0.2, 0.25) is 0 Å². The number of hydrogen-bond acceptors (Lipinski definition) is 9. The Balaban J connectivity index is 2.23. The minimum atomic E-state index is -1.16. The number of Topliss-reactive ketones (excluding diaryl/α,β-unsaturated/α-hetero) is 2. The number of benzene rings is 1. The molecule has 3 amide bonds. The SMILES string of the molecule is CC[C@H](C)[C@@H]([C@@H](CC(=O)N1CCC[C@H]1[C@H](OC)[C@@H](C)C(=O)CC(C#N)C(=O)NCc1ccc(C)cc1)OC)N(C)C(=O)[C@@H](CC(=O)[C@H](C(C)C)N(C)C)C(C)C. The highest BCUT2D eigenvalue weighted by Gasteiger charge is 2.43. The molecule has 2 rings (SSSR count). The number of ether oxygens (including phenoxy) is 2. The van der Waals surface area contributed by atoms with Gasteiger partial charge in [-0.2, -0.15) is 5.26 Å². The van der Waals surface area contributed by atoms with Gasteiger partial charge in [-0.1, -0.05) is 84.7 Å². The van der Waals surface area contributed by atoms with Crippen molar-refractivity contribution in [3.63, 3.8) is 0 Å². The summed E-state index contributed by atoms with van der Waals surface area (Å²) in [5.41, 5.74) is 1.99. The average Bonchev–Trinajstić information content (AvgIpc) is 3.64. The number of likely N-dealkylation sites (tertiary alicyclic amines) is 1. The van der Waals surface area contributed by atoms with Crippen molar-refractivity contribution < 1.29 is 33.4 Å². The monoisotopic (exact) mass is 782 g/mol. The predicted octanol–water partition coefficient (Wildman–Crippen LogP) is 5.45. The number of likely N-dealkylation sites (N-methyl/N-ethyl adjacent to an activating group) is 2. The molecule has 0 aromatic heterocycles. The largest absolute Gasteiger partial charge is 0.379 e. The quantitative estimate of drug-likeness (QED) is 0.153. The molecule has 9 atom stereocenters. The maximum atomic E-state index is 14.3. The molecule has 0 bridgehead atoms. The van der Waals surface area contributed by atoms with Crippen LogP contribution < -0.4 is 5.32 Å². The number of aryl methyl sites for hydroxylation is 1. The number of amides is 3. The van der Waals surface area contributed by atoms with Crippen LogP contribution in [0.1, 0.15) is 98.1 Å². The maximum Gasteiger partial charge on any atom is 0.238 e. The summed E-state index contributed by atoms with van der Waals surface area (Å²) in [7, 11) is 8.60. The van der Waals surface area contributed by atoms with E-state index in [1.54, 1.807) is 30.9 Å². The number of nitrogens with one attached hydrogen (secondary N) is 1. The van der Waals surface area contributed by atoms with Crippen LogP contribution in [0.15, 0.2) is 24.3 Å². The third-order valence-electron chi connectivity index (χ3n) is 11.9. The lowest BCUT2D eigenvalue weighted by molar-refractivity contribution is -0.149. The summed E-state index contributed by atoms with van der Waals surface area (Å²) >= 11 is 0. The van der Waals surface area contributed by atoms with Gasteiger partial charge in [-0.05, 0) is 57.2 Å². The molecule has 1 heterocycles. The smallest absolute Gasteiger partial charge is 0.238 e. The Bertz CT molecular complexity index is 1480. The summed E-state index contributed by atoms with van der Waals surface area (Å²) in [5.74, 6) is -3.45. The van der Waals surface area contributed by atoms with E-state index < -0.39 is 48.0 Å². The molecule has 1 unspecified atom stereocenters. The first-order valence-electron chi connectivity index (χ1n) is 20.4. The van der Waals surface area contributed by atoms with E-state index in [-0.39, 0.29) is 73.0 Å². The molecule has 1 saturated heterocycles. The molecule has 0 aliphatic carbocycles. The van der Waals surface area contributed by atoms with Crippen molar-refractivity contribution in [1.29, 1.82) is 5.26 Å². The molecule has 1 aromatic rings. The van der Waals surface area contributed by atoms with Gasteiger partial charge < -0.3 is 24.6 Å². The van der Waals surface area contributed by atoms with Crippen molar-refractivity contribution in [3.05, 3.63) is 35.4 Å². The lowest BCUT2D eigenvalue weighted by Gasteiger charge is -2.41. The van der Waals surface area contributed by atoms with E-state index in [1.165, 1.54) is 7.11 Å². The van der Waals surface area contributed by atoms with Crippen molar-refractivity contribution in [3.8, 4) is 6.07 Å². The predicted molar refractivity (Wildman–Crippen MR) is 218 cm³/mol. The van der Waals surface area contributed by atoms with Crippen LogP contribution in [0, 0.1) is 53.8 Å². The molecule has 1 fully saturated rings. The minimum Gasteiger partial charge on any atom is -0.379 e. The highest BCUT2D eigenvalue weighted by molar-refractivity contribution is 5.91. The molecule has 1 aliphatic heterocycles. The van der Waals surface area contributed by atoms with Gasteiger partial charge in [-0.25, -0.2) is 0 Å². The Morgan fingerprint density at radius 3 is 2.04 bits per heavy atom. The Kier molecular flexibility index (Phi) is 19.8. The second kappa shape index (κ2) is 22.9. The zero-order valence-corrected chi connectivity index (χ0v) is 36.5. The van der Waals surface area contributed by atoms with Crippen molar-refractivity contribution in [2.45, 2.75) is 131 Å².